The Hall–Kier alpha value is -3.68. The Balaban J connectivity index is 1.10. The van der Waals surface area contributed by atoms with Gasteiger partial charge in [0.15, 0.2) is 0 Å². The molecule has 0 saturated carbocycles. The normalized spacial score (nSPS) is 14.8. The zero-order chi connectivity index (χ0) is 28.2. The summed E-state index contributed by atoms with van der Waals surface area (Å²) in [4.78, 5) is 13.9. The number of aliphatic hydroxyl groups excluding tert-OH is 1. The first-order chi connectivity index (χ1) is 20.0. The maximum absolute atomic E-state index is 10.6. The van der Waals surface area contributed by atoms with E-state index >= 15 is 0 Å². The summed E-state index contributed by atoms with van der Waals surface area (Å²) in [5.41, 5.74) is 4.52. The van der Waals surface area contributed by atoms with Crippen LogP contribution < -0.4 is 9.64 Å². The third kappa shape index (κ3) is 6.47. The Morgan fingerprint density at radius 1 is 0.829 bits per heavy atom. The molecule has 2 aromatic heterocycles. The van der Waals surface area contributed by atoms with Gasteiger partial charge in [-0.05, 0) is 72.3 Å². The second-order valence-electron chi connectivity index (χ2n) is 10.2. The quantitative estimate of drug-likeness (QED) is 0.215. The van der Waals surface area contributed by atoms with Gasteiger partial charge in [-0.2, -0.15) is 0 Å². The first-order valence-electron chi connectivity index (χ1n) is 13.7. The number of hydrogen-bond acceptors (Lipinski definition) is 6. The topological polar surface area (TPSA) is 61.7 Å². The van der Waals surface area contributed by atoms with E-state index < -0.39 is 6.10 Å². The Kier molecular flexibility index (Phi) is 8.35. The third-order valence-corrected chi connectivity index (χ3v) is 7.91. The lowest BCUT2D eigenvalue weighted by Crippen LogP contribution is -2.49. The second-order valence-corrected chi connectivity index (χ2v) is 11.0. The summed E-state index contributed by atoms with van der Waals surface area (Å²) in [6.07, 6.45) is 1.24. The first kappa shape index (κ1) is 27.5. The molecular formula is C33H30Cl2N4O2. The standard InChI is InChI=1S/C33H30Cl2N4O2/c34-24-10-13-31-29(19-24)28(27-5-1-2-6-30(27)35)20-32(37-31)23-8-11-26(12-9-23)41-22-25(40)21-38-15-17-39(18-16-38)33-7-3-4-14-36-33/h1-14,19-20,25,40H,15-18,21-22H2. The third-order valence-electron chi connectivity index (χ3n) is 7.34. The van der Waals surface area contributed by atoms with Gasteiger partial charge in [0.05, 0.1) is 11.2 Å². The average Bonchev–Trinajstić information content (AvgIpc) is 3.01. The van der Waals surface area contributed by atoms with E-state index in [1.54, 1.807) is 0 Å². The highest BCUT2D eigenvalue weighted by Crippen LogP contribution is 2.37. The van der Waals surface area contributed by atoms with Gasteiger partial charge < -0.3 is 14.7 Å². The Labute approximate surface area is 249 Å². The molecule has 1 aliphatic heterocycles. The molecule has 6 rings (SSSR count). The molecule has 5 aromatic rings. The Morgan fingerprint density at radius 2 is 1.61 bits per heavy atom. The van der Waals surface area contributed by atoms with E-state index in [0.29, 0.717) is 22.3 Å². The van der Waals surface area contributed by atoms with E-state index in [2.05, 4.69) is 14.8 Å². The number of fused-ring (bicyclic) bond motifs is 1. The van der Waals surface area contributed by atoms with Crippen molar-refractivity contribution in [2.75, 3.05) is 44.2 Å². The van der Waals surface area contributed by atoms with Crippen LogP contribution in [0.15, 0.2) is 97.2 Å². The monoisotopic (exact) mass is 584 g/mol. The number of β-amino-alcohol motifs (C(OH)–C–C–N with tert-alkyl or cyclic N) is 1. The molecule has 1 fully saturated rings. The minimum absolute atomic E-state index is 0.228. The van der Waals surface area contributed by atoms with E-state index in [9.17, 15) is 5.11 Å². The molecule has 3 aromatic carbocycles. The van der Waals surface area contributed by atoms with E-state index in [-0.39, 0.29) is 6.61 Å². The van der Waals surface area contributed by atoms with Gasteiger partial charge in [0.1, 0.15) is 24.3 Å². The molecule has 0 amide bonds. The number of halogens is 2. The van der Waals surface area contributed by atoms with Gasteiger partial charge in [-0.25, -0.2) is 9.97 Å². The van der Waals surface area contributed by atoms with E-state index in [1.165, 1.54) is 0 Å². The zero-order valence-electron chi connectivity index (χ0n) is 22.5. The number of aliphatic hydroxyl groups is 1. The summed E-state index contributed by atoms with van der Waals surface area (Å²) in [5, 5.41) is 12.9. The molecule has 41 heavy (non-hydrogen) atoms. The molecule has 1 saturated heterocycles. The van der Waals surface area contributed by atoms with Crippen molar-refractivity contribution in [3.05, 3.63) is 107 Å². The fraction of sp³-hybridized carbons (Fsp3) is 0.212. The summed E-state index contributed by atoms with van der Waals surface area (Å²) in [5.74, 6) is 1.70. The molecule has 1 aliphatic rings. The molecule has 208 valence electrons. The van der Waals surface area contributed by atoms with Gasteiger partial charge in [0, 0.05) is 65.5 Å². The van der Waals surface area contributed by atoms with E-state index in [4.69, 9.17) is 32.9 Å². The second kappa shape index (κ2) is 12.5. The smallest absolute Gasteiger partial charge is 0.128 e. The average molecular weight is 586 g/mol. The van der Waals surface area contributed by atoms with Crippen LogP contribution in [0.5, 0.6) is 5.75 Å². The number of anilines is 1. The van der Waals surface area contributed by atoms with Crippen LogP contribution in [0.4, 0.5) is 5.82 Å². The van der Waals surface area contributed by atoms with Crippen LogP contribution in [-0.2, 0) is 0 Å². The van der Waals surface area contributed by atoms with Crippen molar-refractivity contribution >= 4 is 39.9 Å². The number of ether oxygens (including phenoxy) is 1. The van der Waals surface area contributed by atoms with Crippen molar-refractivity contribution in [3.63, 3.8) is 0 Å². The van der Waals surface area contributed by atoms with Crippen LogP contribution in [0.25, 0.3) is 33.3 Å². The number of piperazine rings is 1. The minimum atomic E-state index is -0.580. The van der Waals surface area contributed by atoms with Crippen molar-refractivity contribution in [2.45, 2.75) is 6.10 Å². The highest BCUT2D eigenvalue weighted by atomic mass is 35.5. The molecular weight excluding hydrogens is 555 g/mol. The highest BCUT2D eigenvalue weighted by Gasteiger charge is 2.20. The summed E-state index contributed by atoms with van der Waals surface area (Å²) < 4.78 is 5.93. The fourth-order valence-electron chi connectivity index (χ4n) is 5.21. The molecule has 1 unspecified atom stereocenters. The van der Waals surface area contributed by atoms with Crippen LogP contribution in [-0.4, -0.2) is 65.4 Å². The Morgan fingerprint density at radius 3 is 2.37 bits per heavy atom. The summed E-state index contributed by atoms with van der Waals surface area (Å²) in [6.45, 7) is 4.34. The lowest BCUT2D eigenvalue weighted by molar-refractivity contribution is 0.0662. The van der Waals surface area contributed by atoms with Gasteiger partial charge in [-0.1, -0.05) is 47.5 Å². The lowest BCUT2D eigenvalue weighted by atomic mass is 9.98. The number of pyridine rings is 2. The minimum Gasteiger partial charge on any atom is -0.491 e. The van der Waals surface area contributed by atoms with Crippen molar-refractivity contribution in [1.82, 2.24) is 14.9 Å². The van der Waals surface area contributed by atoms with Crippen molar-refractivity contribution in [3.8, 4) is 28.1 Å². The molecule has 8 heteroatoms. The van der Waals surface area contributed by atoms with Crippen LogP contribution >= 0.6 is 23.2 Å². The molecule has 0 radical (unpaired) electrons. The number of aromatic nitrogens is 2. The molecule has 6 nitrogen and oxygen atoms in total. The summed E-state index contributed by atoms with van der Waals surface area (Å²) in [6, 6.07) is 29.3. The van der Waals surface area contributed by atoms with Gasteiger partial charge in [-0.3, -0.25) is 4.90 Å². The van der Waals surface area contributed by atoms with Crippen LogP contribution in [0, 0.1) is 0 Å². The van der Waals surface area contributed by atoms with Crippen LogP contribution in [0.3, 0.4) is 0 Å². The number of rotatable bonds is 8. The largest absolute Gasteiger partial charge is 0.491 e. The molecule has 3 heterocycles. The molecule has 1 atom stereocenters. The zero-order valence-corrected chi connectivity index (χ0v) is 24.0. The molecule has 1 N–H and O–H groups in total. The number of hydrogen-bond donors (Lipinski definition) is 1. The van der Waals surface area contributed by atoms with Crippen molar-refractivity contribution in [2.24, 2.45) is 0 Å². The van der Waals surface area contributed by atoms with Crippen molar-refractivity contribution < 1.29 is 9.84 Å². The molecule has 0 spiro atoms. The lowest BCUT2D eigenvalue weighted by Gasteiger charge is -2.36. The first-order valence-corrected chi connectivity index (χ1v) is 14.4. The maximum atomic E-state index is 10.6. The van der Waals surface area contributed by atoms with Crippen LogP contribution in [0.1, 0.15) is 0 Å². The maximum Gasteiger partial charge on any atom is 0.128 e. The molecule has 0 bridgehead atoms. The Bertz CT molecular complexity index is 1620. The van der Waals surface area contributed by atoms with E-state index in [1.807, 2.05) is 97.2 Å². The summed E-state index contributed by atoms with van der Waals surface area (Å²) >= 11 is 12.9. The highest BCUT2D eigenvalue weighted by molar-refractivity contribution is 6.34. The molecule has 0 aliphatic carbocycles. The SMILES string of the molecule is OC(COc1ccc(-c2cc(-c3ccccc3Cl)c3cc(Cl)ccc3n2)cc1)CN1CCN(c2ccccn2)CC1. The summed E-state index contributed by atoms with van der Waals surface area (Å²) in [7, 11) is 0. The van der Waals surface area contributed by atoms with Gasteiger partial charge in [0.2, 0.25) is 0 Å². The van der Waals surface area contributed by atoms with Gasteiger partial charge in [-0.15, -0.1) is 0 Å². The fourth-order valence-corrected chi connectivity index (χ4v) is 5.62. The van der Waals surface area contributed by atoms with Gasteiger partial charge in [0.25, 0.3) is 0 Å². The van der Waals surface area contributed by atoms with Crippen molar-refractivity contribution in [1.29, 1.82) is 0 Å². The van der Waals surface area contributed by atoms with E-state index in [0.717, 1.165) is 65.3 Å². The predicted octanol–water partition coefficient (Wildman–Crippen LogP) is 6.83. The number of benzene rings is 3. The number of nitrogens with zero attached hydrogens (tertiary/aromatic N) is 4. The van der Waals surface area contributed by atoms with Crippen LogP contribution in [0.2, 0.25) is 10.0 Å². The predicted molar refractivity (Wildman–Crippen MR) is 167 cm³/mol. The van der Waals surface area contributed by atoms with Gasteiger partial charge >= 0.3 is 0 Å².